The summed E-state index contributed by atoms with van der Waals surface area (Å²) in [6, 6.07) is -1.21. The molecule has 0 fully saturated rings. The Hall–Kier alpha value is -1.35. The molecule has 0 saturated carbocycles. The van der Waals surface area contributed by atoms with Gasteiger partial charge in [-0.3, -0.25) is 4.55 Å². The van der Waals surface area contributed by atoms with Gasteiger partial charge in [0, 0.05) is 0 Å². The smallest absolute Gasteiger partial charge is 0.408 e. The van der Waals surface area contributed by atoms with E-state index in [1.807, 2.05) is 0 Å². The average molecular weight is 297 g/mol. The molecule has 0 rings (SSSR count). The third-order valence-electron chi connectivity index (χ3n) is 1.84. The molecular formula is C10H19NO7S. The molecular weight excluding hydrogens is 278 g/mol. The molecule has 0 aromatic rings. The number of nitrogens with one attached hydrogen (secondary N) is 1. The van der Waals surface area contributed by atoms with Crippen LogP contribution in [0.1, 0.15) is 27.2 Å². The molecule has 0 aromatic heterocycles. The molecule has 0 bridgehead atoms. The lowest BCUT2D eigenvalue weighted by molar-refractivity contribution is -0.143. The van der Waals surface area contributed by atoms with Gasteiger partial charge in [-0.05, 0) is 27.2 Å². The maximum atomic E-state index is 11.5. The number of hydrogen-bond acceptors (Lipinski definition) is 6. The lowest BCUT2D eigenvalue weighted by atomic mass is 10.2. The van der Waals surface area contributed by atoms with Crippen molar-refractivity contribution in [2.75, 3.05) is 12.9 Å². The van der Waals surface area contributed by atoms with E-state index in [2.05, 4.69) is 10.1 Å². The molecule has 0 aliphatic carbocycles. The summed E-state index contributed by atoms with van der Waals surface area (Å²) in [6.45, 7) is 4.91. The van der Waals surface area contributed by atoms with Gasteiger partial charge in [-0.1, -0.05) is 0 Å². The summed E-state index contributed by atoms with van der Waals surface area (Å²) in [5.41, 5.74) is -0.756. The summed E-state index contributed by atoms with van der Waals surface area (Å²) in [4.78, 5) is 22.8. The molecule has 0 aliphatic heterocycles. The first-order chi connectivity index (χ1) is 8.44. The summed E-state index contributed by atoms with van der Waals surface area (Å²) in [5, 5.41) is 2.19. The third kappa shape index (κ3) is 9.25. The standard InChI is InChI=1S/C10H19NO7S/c1-10(2,3)18-9(13)11-7(8(12)17-4)5-6-19(14,15)16/h7H,5-6H2,1-4H3,(H,11,13)(H,14,15,16)/t7-/m0/s1. The van der Waals surface area contributed by atoms with Crippen molar-refractivity contribution in [3.8, 4) is 0 Å². The van der Waals surface area contributed by atoms with Crippen LogP contribution in [0.4, 0.5) is 4.79 Å². The molecule has 0 aromatic carbocycles. The number of esters is 1. The van der Waals surface area contributed by atoms with Gasteiger partial charge in [0.05, 0.1) is 12.9 Å². The number of hydrogen-bond donors (Lipinski definition) is 2. The van der Waals surface area contributed by atoms with Gasteiger partial charge >= 0.3 is 12.1 Å². The van der Waals surface area contributed by atoms with Crippen molar-refractivity contribution < 1.29 is 32.0 Å². The van der Waals surface area contributed by atoms with Crippen molar-refractivity contribution in [1.29, 1.82) is 0 Å². The molecule has 0 saturated heterocycles. The fourth-order valence-electron chi connectivity index (χ4n) is 1.11. The van der Waals surface area contributed by atoms with E-state index < -0.39 is 39.6 Å². The van der Waals surface area contributed by atoms with Crippen LogP contribution in [-0.2, 0) is 24.4 Å². The Morgan fingerprint density at radius 2 is 1.84 bits per heavy atom. The highest BCUT2D eigenvalue weighted by molar-refractivity contribution is 7.85. The highest BCUT2D eigenvalue weighted by Crippen LogP contribution is 2.08. The number of amides is 1. The highest BCUT2D eigenvalue weighted by atomic mass is 32.2. The van der Waals surface area contributed by atoms with Crippen LogP contribution in [0.5, 0.6) is 0 Å². The number of carbonyl (C=O) groups excluding carboxylic acids is 2. The zero-order chi connectivity index (χ0) is 15.3. The third-order valence-corrected chi connectivity index (χ3v) is 2.59. The van der Waals surface area contributed by atoms with Gasteiger partial charge in [0.1, 0.15) is 11.6 Å². The molecule has 1 atom stereocenters. The Morgan fingerprint density at radius 3 is 2.21 bits per heavy atom. The van der Waals surface area contributed by atoms with Crippen LogP contribution in [0.2, 0.25) is 0 Å². The zero-order valence-corrected chi connectivity index (χ0v) is 12.1. The maximum absolute atomic E-state index is 11.5. The van der Waals surface area contributed by atoms with E-state index in [0.29, 0.717) is 0 Å². The van der Waals surface area contributed by atoms with Crippen LogP contribution in [0.25, 0.3) is 0 Å². The van der Waals surface area contributed by atoms with Gasteiger partial charge in [-0.2, -0.15) is 8.42 Å². The predicted octanol–water partition coefficient (Wildman–Crippen LogP) is 0.331. The monoisotopic (exact) mass is 297 g/mol. The number of alkyl carbamates (subject to hydrolysis) is 1. The van der Waals surface area contributed by atoms with Gasteiger partial charge in [-0.15, -0.1) is 0 Å². The van der Waals surface area contributed by atoms with Crippen molar-refractivity contribution in [2.45, 2.75) is 38.8 Å². The number of methoxy groups -OCH3 is 1. The summed E-state index contributed by atoms with van der Waals surface area (Å²) < 4.78 is 39.2. The minimum Gasteiger partial charge on any atom is -0.467 e. The fourth-order valence-corrected chi connectivity index (χ4v) is 1.64. The second kappa shape index (κ2) is 6.71. The number of carbonyl (C=O) groups is 2. The van der Waals surface area contributed by atoms with Crippen LogP contribution in [0.3, 0.4) is 0 Å². The van der Waals surface area contributed by atoms with E-state index in [-0.39, 0.29) is 6.42 Å². The predicted molar refractivity (Wildman–Crippen MR) is 66.2 cm³/mol. The van der Waals surface area contributed by atoms with Crippen molar-refractivity contribution >= 4 is 22.2 Å². The Bertz CT molecular complexity index is 424. The first kappa shape index (κ1) is 17.6. The van der Waals surface area contributed by atoms with Crippen molar-refractivity contribution in [3.05, 3.63) is 0 Å². The van der Waals surface area contributed by atoms with Crippen LogP contribution in [-0.4, -0.2) is 49.5 Å². The highest BCUT2D eigenvalue weighted by Gasteiger charge is 2.26. The number of ether oxygens (including phenoxy) is 2. The second-order valence-electron chi connectivity index (χ2n) is 4.80. The molecule has 0 heterocycles. The molecule has 1 amide bonds. The fraction of sp³-hybridized carbons (Fsp3) is 0.800. The molecule has 0 radical (unpaired) electrons. The summed E-state index contributed by atoms with van der Waals surface area (Å²) in [7, 11) is -3.13. The van der Waals surface area contributed by atoms with Crippen molar-refractivity contribution in [3.63, 3.8) is 0 Å². The molecule has 0 unspecified atom stereocenters. The Morgan fingerprint density at radius 1 is 1.32 bits per heavy atom. The van der Waals surface area contributed by atoms with Gasteiger partial charge in [0.25, 0.3) is 10.1 Å². The van der Waals surface area contributed by atoms with Crippen molar-refractivity contribution in [1.82, 2.24) is 5.32 Å². The number of rotatable bonds is 5. The normalized spacial score (nSPS) is 13.5. The van der Waals surface area contributed by atoms with Crippen LogP contribution in [0.15, 0.2) is 0 Å². The first-order valence-electron chi connectivity index (χ1n) is 5.47. The molecule has 9 heteroatoms. The van der Waals surface area contributed by atoms with Crippen LogP contribution in [0, 0.1) is 0 Å². The topological polar surface area (TPSA) is 119 Å². The van der Waals surface area contributed by atoms with Gasteiger partial charge < -0.3 is 14.8 Å². The summed E-state index contributed by atoms with van der Waals surface area (Å²) in [5.74, 6) is -1.50. The summed E-state index contributed by atoms with van der Waals surface area (Å²) in [6.07, 6.45) is -1.19. The van der Waals surface area contributed by atoms with Crippen molar-refractivity contribution in [2.24, 2.45) is 0 Å². The van der Waals surface area contributed by atoms with E-state index in [0.717, 1.165) is 7.11 Å². The molecule has 2 N–H and O–H groups in total. The second-order valence-corrected chi connectivity index (χ2v) is 6.37. The first-order valence-corrected chi connectivity index (χ1v) is 7.08. The molecule has 0 aliphatic rings. The van der Waals surface area contributed by atoms with E-state index >= 15 is 0 Å². The van der Waals surface area contributed by atoms with Crippen LogP contribution >= 0.6 is 0 Å². The van der Waals surface area contributed by atoms with E-state index in [4.69, 9.17) is 9.29 Å². The van der Waals surface area contributed by atoms with Gasteiger partial charge in [0.15, 0.2) is 0 Å². The van der Waals surface area contributed by atoms with E-state index in [1.165, 1.54) is 0 Å². The molecule has 0 spiro atoms. The Labute approximate surface area is 112 Å². The summed E-state index contributed by atoms with van der Waals surface area (Å²) >= 11 is 0. The quantitative estimate of drug-likeness (QED) is 0.554. The zero-order valence-electron chi connectivity index (χ0n) is 11.3. The molecule has 8 nitrogen and oxygen atoms in total. The van der Waals surface area contributed by atoms with E-state index in [9.17, 15) is 18.0 Å². The largest absolute Gasteiger partial charge is 0.467 e. The minimum absolute atomic E-state index is 0.315. The molecule has 19 heavy (non-hydrogen) atoms. The molecule has 112 valence electrons. The lowest BCUT2D eigenvalue weighted by Gasteiger charge is -2.22. The van der Waals surface area contributed by atoms with Crippen LogP contribution < -0.4 is 5.32 Å². The Kier molecular flexibility index (Phi) is 6.23. The maximum Gasteiger partial charge on any atom is 0.408 e. The Balaban J connectivity index is 4.61. The lowest BCUT2D eigenvalue weighted by Crippen LogP contribution is -2.44. The van der Waals surface area contributed by atoms with Gasteiger partial charge in [-0.25, -0.2) is 9.59 Å². The average Bonchev–Trinajstić information content (AvgIpc) is 2.19. The van der Waals surface area contributed by atoms with E-state index in [1.54, 1.807) is 20.8 Å². The van der Waals surface area contributed by atoms with Gasteiger partial charge in [0.2, 0.25) is 0 Å². The minimum atomic E-state index is -4.23. The SMILES string of the molecule is COC(=O)[C@H](CCS(=O)(=O)O)NC(=O)OC(C)(C)C.